The lowest BCUT2D eigenvalue weighted by atomic mass is 10.1. The van der Waals surface area contributed by atoms with Gasteiger partial charge in [-0.15, -0.1) is 11.3 Å². The van der Waals surface area contributed by atoms with Crippen molar-refractivity contribution in [3.63, 3.8) is 0 Å². The van der Waals surface area contributed by atoms with Crippen LogP contribution < -0.4 is 10.6 Å². The maximum atomic E-state index is 12.8. The summed E-state index contributed by atoms with van der Waals surface area (Å²) in [6.45, 7) is 3.99. The molecular weight excluding hydrogens is 382 g/mol. The normalized spacial score (nSPS) is 16.0. The van der Waals surface area contributed by atoms with Crippen LogP contribution >= 0.6 is 11.3 Å². The minimum Gasteiger partial charge on any atom is -0.354 e. The molecule has 5 nitrogen and oxygen atoms in total. The van der Waals surface area contributed by atoms with E-state index in [1.165, 1.54) is 50.1 Å². The Kier molecular flexibility index (Phi) is 8.71. The summed E-state index contributed by atoms with van der Waals surface area (Å²) in [5, 5.41) is 7.81. The van der Waals surface area contributed by atoms with Crippen molar-refractivity contribution in [3.8, 4) is 0 Å². The van der Waals surface area contributed by atoms with Crippen molar-refractivity contribution in [2.75, 3.05) is 26.2 Å². The maximum absolute atomic E-state index is 12.8. The monoisotopic (exact) mass is 413 g/mol. The molecule has 1 aliphatic heterocycles. The number of rotatable bonds is 9. The molecule has 1 saturated heterocycles. The summed E-state index contributed by atoms with van der Waals surface area (Å²) < 4.78 is 0. The topological polar surface area (TPSA) is 61.4 Å². The Morgan fingerprint density at radius 3 is 2.45 bits per heavy atom. The molecule has 2 aromatic rings. The standard InChI is InChI=1S/C23H31N3O2S/c27-22(24-13-9-16-26-14-6-1-2-7-15-26)20(18-19-10-4-3-5-11-19)25-23(28)21-12-8-17-29-21/h3-5,8,10-12,17,20H,1-2,6-7,9,13-16,18H2,(H,24,27)(H,25,28). The van der Waals surface area contributed by atoms with Crippen LogP contribution in [0.2, 0.25) is 0 Å². The number of likely N-dealkylation sites (tertiary alicyclic amines) is 1. The van der Waals surface area contributed by atoms with Gasteiger partial charge in [-0.2, -0.15) is 0 Å². The summed E-state index contributed by atoms with van der Waals surface area (Å²) >= 11 is 1.38. The highest BCUT2D eigenvalue weighted by molar-refractivity contribution is 7.12. The van der Waals surface area contributed by atoms with Gasteiger partial charge >= 0.3 is 0 Å². The molecule has 2 amide bonds. The Hall–Kier alpha value is -2.18. The molecule has 1 atom stereocenters. The number of nitrogens with zero attached hydrogens (tertiary/aromatic N) is 1. The number of carbonyl (C=O) groups excluding carboxylic acids is 2. The Labute approximate surface area is 177 Å². The molecule has 0 spiro atoms. The van der Waals surface area contributed by atoms with Crippen LogP contribution in [-0.2, 0) is 11.2 Å². The molecule has 1 fully saturated rings. The van der Waals surface area contributed by atoms with Crippen molar-refractivity contribution < 1.29 is 9.59 Å². The molecule has 1 aromatic carbocycles. The van der Waals surface area contributed by atoms with Gasteiger partial charge in [-0.25, -0.2) is 0 Å². The quantitative estimate of drug-likeness (QED) is 0.619. The van der Waals surface area contributed by atoms with E-state index in [0.29, 0.717) is 17.8 Å². The second-order valence-corrected chi connectivity index (χ2v) is 8.54. The molecule has 1 aliphatic rings. The fraction of sp³-hybridized carbons (Fsp3) is 0.478. The Balaban J connectivity index is 1.51. The number of hydrogen-bond acceptors (Lipinski definition) is 4. The molecule has 1 unspecified atom stereocenters. The third kappa shape index (κ3) is 7.29. The van der Waals surface area contributed by atoms with Crippen LogP contribution in [0.1, 0.15) is 47.3 Å². The molecule has 0 radical (unpaired) electrons. The van der Waals surface area contributed by atoms with E-state index >= 15 is 0 Å². The highest BCUT2D eigenvalue weighted by atomic mass is 32.1. The lowest BCUT2D eigenvalue weighted by Gasteiger charge is -2.21. The summed E-state index contributed by atoms with van der Waals surface area (Å²) in [4.78, 5) is 28.4. The predicted octanol–water partition coefficient (Wildman–Crippen LogP) is 3.47. The van der Waals surface area contributed by atoms with Gasteiger partial charge in [0, 0.05) is 13.0 Å². The van der Waals surface area contributed by atoms with Crippen LogP contribution in [0.25, 0.3) is 0 Å². The van der Waals surface area contributed by atoms with Crippen molar-refractivity contribution >= 4 is 23.2 Å². The third-order valence-electron chi connectivity index (χ3n) is 5.30. The van der Waals surface area contributed by atoms with Crippen LogP contribution in [0.5, 0.6) is 0 Å². The molecule has 6 heteroatoms. The summed E-state index contributed by atoms with van der Waals surface area (Å²) in [6.07, 6.45) is 6.63. The fourth-order valence-corrected chi connectivity index (χ4v) is 4.32. The summed E-state index contributed by atoms with van der Waals surface area (Å²) in [5.41, 5.74) is 1.03. The lowest BCUT2D eigenvalue weighted by molar-refractivity contribution is -0.122. The fourth-order valence-electron chi connectivity index (χ4n) is 3.69. The second-order valence-electron chi connectivity index (χ2n) is 7.59. The van der Waals surface area contributed by atoms with Crippen molar-refractivity contribution in [1.29, 1.82) is 0 Å². The molecule has 2 N–H and O–H groups in total. The summed E-state index contributed by atoms with van der Waals surface area (Å²) in [5.74, 6) is -0.310. The zero-order chi connectivity index (χ0) is 20.3. The lowest BCUT2D eigenvalue weighted by Crippen LogP contribution is -2.48. The Morgan fingerprint density at radius 1 is 1.00 bits per heavy atom. The molecule has 156 valence electrons. The number of thiophene rings is 1. The van der Waals surface area contributed by atoms with E-state index in [2.05, 4.69) is 15.5 Å². The molecule has 2 heterocycles. The Morgan fingerprint density at radius 2 is 1.76 bits per heavy atom. The number of nitrogens with one attached hydrogen (secondary N) is 2. The first-order valence-corrected chi connectivity index (χ1v) is 11.5. The number of hydrogen-bond donors (Lipinski definition) is 2. The van der Waals surface area contributed by atoms with Gasteiger partial charge in [-0.3, -0.25) is 9.59 Å². The number of benzene rings is 1. The van der Waals surface area contributed by atoms with E-state index in [1.54, 1.807) is 6.07 Å². The SMILES string of the molecule is O=C(NC(Cc1ccccc1)C(=O)NCCCN1CCCCCC1)c1cccs1. The molecule has 29 heavy (non-hydrogen) atoms. The first kappa shape index (κ1) is 21.5. The van der Waals surface area contributed by atoms with Crippen molar-refractivity contribution in [2.24, 2.45) is 0 Å². The van der Waals surface area contributed by atoms with E-state index in [0.717, 1.165) is 18.5 Å². The number of amides is 2. The molecule has 0 bridgehead atoms. The van der Waals surface area contributed by atoms with Crippen molar-refractivity contribution in [3.05, 3.63) is 58.3 Å². The van der Waals surface area contributed by atoms with Gasteiger partial charge in [0.15, 0.2) is 0 Å². The average molecular weight is 414 g/mol. The Bertz CT molecular complexity index is 741. The van der Waals surface area contributed by atoms with Gasteiger partial charge in [0.1, 0.15) is 6.04 Å². The smallest absolute Gasteiger partial charge is 0.262 e. The van der Waals surface area contributed by atoms with Gasteiger partial charge in [-0.05, 0) is 55.9 Å². The van der Waals surface area contributed by atoms with Gasteiger partial charge in [0.25, 0.3) is 5.91 Å². The van der Waals surface area contributed by atoms with Gasteiger partial charge in [0.05, 0.1) is 4.88 Å². The average Bonchev–Trinajstić information content (AvgIpc) is 3.16. The largest absolute Gasteiger partial charge is 0.354 e. The van der Waals surface area contributed by atoms with E-state index in [9.17, 15) is 9.59 Å². The molecule has 1 aromatic heterocycles. The van der Waals surface area contributed by atoms with Crippen LogP contribution in [-0.4, -0.2) is 48.9 Å². The van der Waals surface area contributed by atoms with Crippen molar-refractivity contribution in [1.82, 2.24) is 15.5 Å². The van der Waals surface area contributed by atoms with Crippen LogP contribution in [0, 0.1) is 0 Å². The molecule has 0 saturated carbocycles. The van der Waals surface area contributed by atoms with Crippen molar-refractivity contribution in [2.45, 2.75) is 44.6 Å². The zero-order valence-electron chi connectivity index (χ0n) is 16.9. The van der Waals surface area contributed by atoms with Crippen LogP contribution in [0.4, 0.5) is 0 Å². The van der Waals surface area contributed by atoms with E-state index in [1.807, 2.05) is 41.8 Å². The van der Waals surface area contributed by atoms with E-state index in [-0.39, 0.29) is 11.8 Å². The van der Waals surface area contributed by atoms with E-state index in [4.69, 9.17) is 0 Å². The summed E-state index contributed by atoms with van der Waals surface area (Å²) in [6, 6.07) is 12.9. The third-order valence-corrected chi connectivity index (χ3v) is 6.17. The van der Waals surface area contributed by atoms with Gasteiger partial charge in [0.2, 0.25) is 5.91 Å². The molecular formula is C23H31N3O2S. The zero-order valence-corrected chi connectivity index (χ0v) is 17.8. The first-order chi connectivity index (χ1) is 14.2. The van der Waals surface area contributed by atoms with Crippen LogP contribution in [0.15, 0.2) is 47.8 Å². The highest BCUT2D eigenvalue weighted by Gasteiger charge is 2.22. The number of carbonyl (C=O) groups is 2. The molecule has 0 aliphatic carbocycles. The molecule has 3 rings (SSSR count). The predicted molar refractivity (Wildman–Crippen MR) is 118 cm³/mol. The van der Waals surface area contributed by atoms with Gasteiger partial charge in [-0.1, -0.05) is 49.2 Å². The minimum atomic E-state index is -0.579. The van der Waals surface area contributed by atoms with Crippen LogP contribution in [0.3, 0.4) is 0 Å². The highest BCUT2D eigenvalue weighted by Crippen LogP contribution is 2.11. The first-order valence-electron chi connectivity index (χ1n) is 10.6. The maximum Gasteiger partial charge on any atom is 0.262 e. The van der Waals surface area contributed by atoms with E-state index < -0.39 is 6.04 Å². The minimum absolute atomic E-state index is 0.116. The second kappa shape index (κ2) is 11.7. The van der Waals surface area contributed by atoms with Gasteiger partial charge < -0.3 is 15.5 Å². The summed E-state index contributed by atoms with van der Waals surface area (Å²) in [7, 11) is 0.